The van der Waals surface area contributed by atoms with E-state index in [4.69, 9.17) is 5.73 Å². The summed E-state index contributed by atoms with van der Waals surface area (Å²) in [5.74, 6) is -0.0355. The van der Waals surface area contributed by atoms with E-state index < -0.39 is 0 Å². The van der Waals surface area contributed by atoms with E-state index in [0.717, 1.165) is 0 Å². The van der Waals surface area contributed by atoms with E-state index >= 15 is 0 Å². The van der Waals surface area contributed by atoms with Gasteiger partial charge in [-0.2, -0.15) is 0 Å². The van der Waals surface area contributed by atoms with E-state index in [1.54, 1.807) is 28.8 Å². The highest BCUT2D eigenvalue weighted by Gasteiger charge is 2.17. The van der Waals surface area contributed by atoms with Crippen LogP contribution in [0.3, 0.4) is 0 Å². The second-order valence-corrected chi connectivity index (χ2v) is 5.22. The summed E-state index contributed by atoms with van der Waals surface area (Å²) in [6.45, 7) is 4.49. The van der Waals surface area contributed by atoms with Crippen LogP contribution in [0.25, 0.3) is 0 Å². The van der Waals surface area contributed by atoms with Crippen LogP contribution in [-0.4, -0.2) is 33.4 Å². The third-order valence-electron chi connectivity index (χ3n) is 2.84. The quantitative estimate of drug-likeness (QED) is 0.872. The van der Waals surface area contributed by atoms with Crippen LogP contribution in [0, 0.1) is 0 Å². The van der Waals surface area contributed by atoms with E-state index in [0.29, 0.717) is 31.9 Å². The van der Waals surface area contributed by atoms with Crippen LogP contribution in [0.4, 0.5) is 0 Å². The zero-order valence-electron chi connectivity index (χ0n) is 11.0. The molecule has 0 aliphatic heterocycles. The molecule has 0 atom stereocenters. The minimum absolute atomic E-state index is 0.0355. The number of hydrogen-bond donors (Lipinski definition) is 1. The van der Waals surface area contributed by atoms with Gasteiger partial charge in [-0.3, -0.25) is 4.79 Å². The van der Waals surface area contributed by atoms with Crippen LogP contribution in [0.15, 0.2) is 30.0 Å². The van der Waals surface area contributed by atoms with Gasteiger partial charge < -0.3 is 15.2 Å². The van der Waals surface area contributed by atoms with Gasteiger partial charge in [0.1, 0.15) is 5.69 Å². The molecule has 0 radical (unpaired) electrons. The van der Waals surface area contributed by atoms with Gasteiger partial charge in [0.25, 0.3) is 5.91 Å². The number of carbonyl (C=O) groups is 1. The van der Waals surface area contributed by atoms with Gasteiger partial charge in [-0.1, -0.05) is 6.07 Å². The molecule has 0 bridgehead atoms. The highest BCUT2D eigenvalue weighted by Crippen LogP contribution is 2.13. The molecular formula is C13H18N4OS. The molecule has 2 aromatic heterocycles. The number of nitrogens with two attached hydrogens (primary N) is 1. The summed E-state index contributed by atoms with van der Waals surface area (Å²) in [5, 5.41) is 2.02. The van der Waals surface area contributed by atoms with Crippen molar-refractivity contribution < 1.29 is 4.79 Å². The average molecular weight is 278 g/mol. The molecule has 5 nitrogen and oxygen atoms in total. The van der Waals surface area contributed by atoms with E-state index in [1.165, 1.54) is 4.88 Å². The number of rotatable bonds is 6. The van der Waals surface area contributed by atoms with Gasteiger partial charge in [-0.15, -0.1) is 11.3 Å². The molecule has 0 fully saturated rings. The van der Waals surface area contributed by atoms with Gasteiger partial charge in [0.15, 0.2) is 0 Å². The number of hydrogen-bond acceptors (Lipinski definition) is 4. The van der Waals surface area contributed by atoms with Crippen molar-refractivity contribution in [1.29, 1.82) is 0 Å². The Labute approximate surface area is 116 Å². The Morgan fingerprint density at radius 1 is 1.58 bits per heavy atom. The smallest absolute Gasteiger partial charge is 0.274 e. The number of amides is 1. The van der Waals surface area contributed by atoms with Crippen LogP contribution >= 0.6 is 11.3 Å². The average Bonchev–Trinajstić information content (AvgIpc) is 3.06. The molecule has 2 N–H and O–H groups in total. The van der Waals surface area contributed by atoms with Crippen LogP contribution in [0.2, 0.25) is 0 Å². The fraction of sp³-hybridized carbons (Fsp3) is 0.385. The van der Waals surface area contributed by atoms with Crippen LogP contribution in [0.1, 0.15) is 22.3 Å². The summed E-state index contributed by atoms with van der Waals surface area (Å²) in [5.41, 5.74) is 5.96. The molecule has 2 aromatic rings. The first-order chi connectivity index (χ1) is 9.24. The number of imidazole rings is 1. The van der Waals surface area contributed by atoms with Crippen LogP contribution < -0.4 is 5.73 Å². The van der Waals surface area contributed by atoms with Gasteiger partial charge >= 0.3 is 0 Å². The first-order valence-corrected chi connectivity index (χ1v) is 7.16. The minimum atomic E-state index is -0.0355. The third kappa shape index (κ3) is 3.42. The van der Waals surface area contributed by atoms with Gasteiger partial charge in [0.2, 0.25) is 0 Å². The topological polar surface area (TPSA) is 64.2 Å². The number of carbonyl (C=O) groups excluding carboxylic acids is 1. The maximum Gasteiger partial charge on any atom is 0.274 e. The van der Waals surface area contributed by atoms with Gasteiger partial charge in [-0.25, -0.2) is 4.98 Å². The summed E-state index contributed by atoms with van der Waals surface area (Å²) >= 11 is 1.66. The molecule has 0 unspecified atom stereocenters. The molecule has 0 saturated heterocycles. The minimum Gasteiger partial charge on any atom is -0.335 e. The van der Waals surface area contributed by atoms with Crippen molar-refractivity contribution in [3.8, 4) is 0 Å². The molecule has 0 aliphatic rings. The Kier molecular flexibility index (Phi) is 4.70. The SMILES string of the molecule is CCN(Cc1cccs1)C(=O)c1cn(CCN)cn1. The summed E-state index contributed by atoms with van der Waals surface area (Å²) < 4.78 is 1.84. The Morgan fingerprint density at radius 3 is 3.05 bits per heavy atom. The number of aromatic nitrogens is 2. The largest absolute Gasteiger partial charge is 0.335 e. The first kappa shape index (κ1) is 13.8. The second-order valence-electron chi connectivity index (χ2n) is 4.18. The second kappa shape index (κ2) is 6.49. The lowest BCUT2D eigenvalue weighted by atomic mass is 10.3. The Balaban J connectivity index is 2.06. The summed E-state index contributed by atoms with van der Waals surface area (Å²) in [4.78, 5) is 19.5. The van der Waals surface area contributed by atoms with Crippen molar-refractivity contribution in [2.24, 2.45) is 5.73 Å². The molecular weight excluding hydrogens is 260 g/mol. The van der Waals surface area contributed by atoms with E-state index in [9.17, 15) is 4.79 Å². The predicted molar refractivity (Wildman–Crippen MR) is 76.0 cm³/mol. The molecule has 0 saturated carbocycles. The lowest BCUT2D eigenvalue weighted by molar-refractivity contribution is 0.0748. The molecule has 0 aromatic carbocycles. The molecule has 1 amide bonds. The van der Waals surface area contributed by atoms with E-state index in [-0.39, 0.29) is 5.91 Å². The molecule has 102 valence electrons. The molecule has 0 aliphatic carbocycles. The molecule has 19 heavy (non-hydrogen) atoms. The first-order valence-electron chi connectivity index (χ1n) is 6.28. The van der Waals surface area contributed by atoms with Crippen molar-refractivity contribution in [2.75, 3.05) is 13.1 Å². The van der Waals surface area contributed by atoms with Gasteiger partial charge in [-0.05, 0) is 18.4 Å². The molecule has 2 heterocycles. The molecule has 2 rings (SSSR count). The normalized spacial score (nSPS) is 10.6. The summed E-state index contributed by atoms with van der Waals surface area (Å²) in [6, 6.07) is 4.03. The maximum atomic E-state index is 12.3. The van der Waals surface area contributed by atoms with E-state index in [2.05, 4.69) is 4.98 Å². The summed E-state index contributed by atoms with van der Waals surface area (Å²) in [7, 11) is 0. The van der Waals surface area contributed by atoms with Gasteiger partial charge in [0.05, 0.1) is 12.9 Å². The lowest BCUT2D eigenvalue weighted by Crippen LogP contribution is -2.30. The van der Waals surface area contributed by atoms with Gasteiger partial charge in [0, 0.05) is 30.7 Å². The van der Waals surface area contributed by atoms with Crippen LogP contribution in [0.5, 0.6) is 0 Å². The van der Waals surface area contributed by atoms with Crippen molar-refractivity contribution in [3.05, 3.63) is 40.6 Å². The standard InChI is InChI=1S/C13H18N4OS/c1-2-17(8-11-4-3-7-19-11)13(18)12-9-16(6-5-14)10-15-12/h3-4,7,9-10H,2,5-6,8,14H2,1H3. The third-order valence-corrected chi connectivity index (χ3v) is 3.70. The Morgan fingerprint density at radius 2 is 2.42 bits per heavy atom. The van der Waals surface area contributed by atoms with Crippen molar-refractivity contribution in [2.45, 2.75) is 20.0 Å². The predicted octanol–water partition coefficient (Wildman–Crippen LogP) is 1.57. The zero-order valence-corrected chi connectivity index (χ0v) is 11.8. The summed E-state index contributed by atoms with van der Waals surface area (Å²) in [6.07, 6.45) is 3.41. The highest BCUT2D eigenvalue weighted by atomic mass is 32.1. The van der Waals surface area contributed by atoms with E-state index in [1.807, 2.05) is 29.0 Å². The highest BCUT2D eigenvalue weighted by molar-refractivity contribution is 7.09. The van der Waals surface area contributed by atoms with Crippen LogP contribution in [-0.2, 0) is 13.1 Å². The monoisotopic (exact) mass is 278 g/mol. The Bertz CT molecular complexity index is 520. The Hall–Kier alpha value is -1.66. The lowest BCUT2D eigenvalue weighted by Gasteiger charge is -2.18. The molecule has 6 heteroatoms. The van der Waals surface area contributed by atoms with Crippen molar-refractivity contribution >= 4 is 17.2 Å². The maximum absolute atomic E-state index is 12.3. The number of thiophene rings is 1. The fourth-order valence-electron chi connectivity index (χ4n) is 1.82. The number of nitrogens with zero attached hydrogens (tertiary/aromatic N) is 3. The van der Waals surface area contributed by atoms with Crippen molar-refractivity contribution in [3.63, 3.8) is 0 Å². The fourth-order valence-corrected chi connectivity index (χ4v) is 2.54. The zero-order chi connectivity index (χ0) is 13.7. The van der Waals surface area contributed by atoms with Crippen molar-refractivity contribution in [1.82, 2.24) is 14.5 Å². The molecule has 0 spiro atoms.